The summed E-state index contributed by atoms with van der Waals surface area (Å²) in [7, 11) is 0. The van der Waals surface area contributed by atoms with Gasteiger partial charge in [0.25, 0.3) is 0 Å². The Morgan fingerprint density at radius 1 is 1.56 bits per heavy atom. The number of aromatic nitrogens is 2. The SMILES string of the molecule is CC1(c2nc(-c3cc(Br)cs3)no2)CCCNC1. The lowest BCUT2D eigenvalue weighted by Crippen LogP contribution is -2.41. The summed E-state index contributed by atoms with van der Waals surface area (Å²) in [4.78, 5) is 5.59. The van der Waals surface area contributed by atoms with Crippen LogP contribution in [0.5, 0.6) is 0 Å². The summed E-state index contributed by atoms with van der Waals surface area (Å²) in [5.41, 5.74) is -0.0298. The van der Waals surface area contributed by atoms with Gasteiger partial charge in [-0.05, 0) is 48.3 Å². The molecule has 4 nitrogen and oxygen atoms in total. The van der Waals surface area contributed by atoms with Gasteiger partial charge in [-0.1, -0.05) is 5.16 Å². The highest BCUT2D eigenvalue weighted by Gasteiger charge is 2.34. The van der Waals surface area contributed by atoms with Crippen molar-refractivity contribution in [3.05, 3.63) is 21.8 Å². The molecule has 1 saturated heterocycles. The highest BCUT2D eigenvalue weighted by molar-refractivity contribution is 9.10. The van der Waals surface area contributed by atoms with Crippen molar-refractivity contribution in [2.75, 3.05) is 13.1 Å². The topological polar surface area (TPSA) is 51.0 Å². The van der Waals surface area contributed by atoms with Gasteiger partial charge >= 0.3 is 0 Å². The highest BCUT2D eigenvalue weighted by atomic mass is 79.9. The summed E-state index contributed by atoms with van der Waals surface area (Å²) in [6.07, 6.45) is 2.24. The highest BCUT2D eigenvalue weighted by Crippen LogP contribution is 2.33. The number of halogens is 1. The molecule has 3 rings (SSSR count). The van der Waals surface area contributed by atoms with Gasteiger partial charge in [-0.25, -0.2) is 0 Å². The van der Waals surface area contributed by atoms with Crippen LogP contribution in [-0.2, 0) is 5.41 Å². The van der Waals surface area contributed by atoms with E-state index in [9.17, 15) is 0 Å². The summed E-state index contributed by atoms with van der Waals surface area (Å²) in [6, 6.07) is 2.01. The van der Waals surface area contributed by atoms with Gasteiger partial charge in [0.1, 0.15) is 0 Å². The fourth-order valence-electron chi connectivity index (χ4n) is 2.24. The lowest BCUT2D eigenvalue weighted by Gasteiger charge is -2.30. The minimum absolute atomic E-state index is 0.0298. The Bertz CT molecular complexity index is 545. The van der Waals surface area contributed by atoms with Crippen molar-refractivity contribution in [2.24, 2.45) is 0 Å². The second-order valence-corrected chi connectivity index (χ2v) is 6.72. The molecule has 1 aliphatic heterocycles. The van der Waals surface area contributed by atoms with Gasteiger partial charge in [0, 0.05) is 16.4 Å². The van der Waals surface area contributed by atoms with Crippen molar-refractivity contribution in [2.45, 2.75) is 25.2 Å². The standard InChI is InChI=1S/C12H14BrN3OS/c1-12(3-2-4-14-7-12)11-15-10(16-17-11)9-5-8(13)6-18-9/h5-6,14H,2-4,7H2,1H3. The first-order valence-electron chi connectivity index (χ1n) is 5.97. The lowest BCUT2D eigenvalue weighted by molar-refractivity contribution is 0.245. The zero-order chi connectivity index (χ0) is 12.6. The molecule has 18 heavy (non-hydrogen) atoms. The van der Waals surface area contributed by atoms with Crippen molar-refractivity contribution < 1.29 is 4.52 Å². The van der Waals surface area contributed by atoms with E-state index in [4.69, 9.17) is 4.52 Å². The molecule has 0 aromatic carbocycles. The van der Waals surface area contributed by atoms with E-state index in [1.54, 1.807) is 11.3 Å². The Morgan fingerprint density at radius 2 is 2.44 bits per heavy atom. The molecule has 0 spiro atoms. The van der Waals surface area contributed by atoms with Crippen LogP contribution in [0.3, 0.4) is 0 Å². The summed E-state index contributed by atoms with van der Waals surface area (Å²) in [5, 5.41) is 9.51. The average Bonchev–Trinajstić information content (AvgIpc) is 2.98. The third kappa shape index (κ3) is 2.24. The van der Waals surface area contributed by atoms with Crippen LogP contribution in [0.1, 0.15) is 25.7 Å². The predicted molar refractivity (Wildman–Crippen MR) is 74.8 cm³/mol. The van der Waals surface area contributed by atoms with Gasteiger partial charge in [0.05, 0.1) is 10.3 Å². The quantitative estimate of drug-likeness (QED) is 0.920. The van der Waals surface area contributed by atoms with Gasteiger partial charge < -0.3 is 9.84 Å². The van der Waals surface area contributed by atoms with E-state index in [-0.39, 0.29) is 5.41 Å². The van der Waals surface area contributed by atoms with Crippen molar-refractivity contribution in [3.63, 3.8) is 0 Å². The molecule has 3 heterocycles. The van der Waals surface area contributed by atoms with Crippen LogP contribution in [0.4, 0.5) is 0 Å². The van der Waals surface area contributed by atoms with E-state index in [0.29, 0.717) is 5.82 Å². The summed E-state index contributed by atoms with van der Waals surface area (Å²) in [6.45, 7) is 4.16. The minimum Gasteiger partial charge on any atom is -0.338 e. The zero-order valence-electron chi connectivity index (χ0n) is 10.1. The number of hydrogen-bond donors (Lipinski definition) is 1. The van der Waals surface area contributed by atoms with E-state index < -0.39 is 0 Å². The van der Waals surface area contributed by atoms with Gasteiger partial charge in [0.15, 0.2) is 0 Å². The fourth-order valence-corrected chi connectivity index (χ4v) is 3.59. The molecule has 1 fully saturated rings. The molecule has 1 atom stereocenters. The summed E-state index contributed by atoms with van der Waals surface area (Å²) >= 11 is 5.05. The molecule has 0 amide bonds. The maximum atomic E-state index is 5.46. The van der Waals surface area contributed by atoms with Gasteiger partial charge in [-0.3, -0.25) is 0 Å². The number of hydrogen-bond acceptors (Lipinski definition) is 5. The Morgan fingerprint density at radius 3 is 3.11 bits per heavy atom. The van der Waals surface area contributed by atoms with Crippen molar-refractivity contribution in [3.8, 4) is 10.7 Å². The monoisotopic (exact) mass is 327 g/mol. The van der Waals surface area contributed by atoms with E-state index in [1.165, 1.54) is 0 Å². The number of nitrogens with zero attached hydrogens (tertiary/aromatic N) is 2. The number of piperidine rings is 1. The van der Waals surface area contributed by atoms with E-state index >= 15 is 0 Å². The normalized spacial score (nSPS) is 24.3. The molecular weight excluding hydrogens is 314 g/mol. The second-order valence-electron chi connectivity index (χ2n) is 4.89. The first kappa shape index (κ1) is 12.3. The van der Waals surface area contributed by atoms with E-state index in [0.717, 1.165) is 41.2 Å². The molecule has 0 bridgehead atoms. The second kappa shape index (κ2) is 4.75. The van der Waals surface area contributed by atoms with Crippen LogP contribution in [-0.4, -0.2) is 23.2 Å². The minimum atomic E-state index is -0.0298. The van der Waals surface area contributed by atoms with Crippen LogP contribution in [0, 0.1) is 0 Å². The molecule has 1 aliphatic rings. The first-order valence-corrected chi connectivity index (χ1v) is 7.64. The van der Waals surface area contributed by atoms with Crippen LogP contribution in [0.2, 0.25) is 0 Å². The van der Waals surface area contributed by atoms with Crippen LogP contribution < -0.4 is 5.32 Å². The van der Waals surface area contributed by atoms with Crippen LogP contribution in [0.15, 0.2) is 20.4 Å². The molecule has 2 aromatic rings. The maximum absolute atomic E-state index is 5.46. The number of thiophene rings is 1. The van der Waals surface area contributed by atoms with Gasteiger partial charge in [-0.15, -0.1) is 11.3 Å². The van der Waals surface area contributed by atoms with E-state index in [2.05, 4.69) is 38.3 Å². The number of nitrogens with one attached hydrogen (secondary N) is 1. The molecule has 2 aromatic heterocycles. The van der Waals surface area contributed by atoms with Gasteiger partial charge in [-0.2, -0.15) is 4.98 Å². The Kier molecular flexibility index (Phi) is 3.25. The van der Waals surface area contributed by atoms with Crippen molar-refractivity contribution in [1.29, 1.82) is 0 Å². The third-order valence-electron chi connectivity index (χ3n) is 3.33. The molecule has 6 heteroatoms. The Labute approximate surface area is 118 Å². The maximum Gasteiger partial charge on any atom is 0.234 e. The third-order valence-corrected chi connectivity index (χ3v) is 5.01. The largest absolute Gasteiger partial charge is 0.338 e. The lowest BCUT2D eigenvalue weighted by atomic mass is 9.83. The van der Waals surface area contributed by atoms with Crippen LogP contribution in [0.25, 0.3) is 10.7 Å². The summed E-state index contributed by atoms with van der Waals surface area (Å²) in [5.74, 6) is 1.43. The Hall–Kier alpha value is -0.720. The average molecular weight is 328 g/mol. The van der Waals surface area contributed by atoms with Crippen molar-refractivity contribution >= 4 is 27.3 Å². The fraction of sp³-hybridized carbons (Fsp3) is 0.500. The molecule has 0 radical (unpaired) electrons. The first-order chi connectivity index (χ1) is 8.67. The van der Waals surface area contributed by atoms with Crippen LogP contribution >= 0.6 is 27.3 Å². The molecule has 1 N–H and O–H groups in total. The van der Waals surface area contributed by atoms with Gasteiger partial charge in [0.2, 0.25) is 11.7 Å². The smallest absolute Gasteiger partial charge is 0.234 e. The molecule has 0 saturated carbocycles. The van der Waals surface area contributed by atoms with E-state index in [1.807, 2.05) is 11.4 Å². The van der Waals surface area contributed by atoms with Crippen molar-refractivity contribution in [1.82, 2.24) is 15.5 Å². The molecule has 0 aliphatic carbocycles. The zero-order valence-corrected chi connectivity index (χ0v) is 12.5. The molecule has 1 unspecified atom stereocenters. The summed E-state index contributed by atoms with van der Waals surface area (Å²) < 4.78 is 6.52. The molecular formula is C12H14BrN3OS. The Balaban J connectivity index is 1.89. The molecule has 96 valence electrons. The number of rotatable bonds is 2. The predicted octanol–water partition coefficient (Wildman–Crippen LogP) is 3.20.